The Labute approximate surface area is 101 Å². The Morgan fingerprint density at radius 3 is 2.75 bits per heavy atom. The van der Waals surface area contributed by atoms with Crippen LogP contribution in [-0.4, -0.2) is 33.4 Å². The van der Waals surface area contributed by atoms with Crippen LogP contribution in [0, 0.1) is 5.92 Å². The van der Waals surface area contributed by atoms with Gasteiger partial charge in [-0.05, 0) is 29.7 Å². The Balaban J connectivity index is 2.24. The summed E-state index contributed by atoms with van der Waals surface area (Å²) in [5.74, 6) is 1.29. The molecule has 0 fully saturated rings. The molecule has 0 saturated heterocycles. The summed E-state index contributed by atoms with van der Waals surface area (Å²) in [6.45, 7) is 8.41. The van der Waals surface area contributed by atoms with Gasteiger partial charge in [0.15, 0.2) is 5.82 Å². The standard InChI is InChI=1S/C10H19ClN4O/c1-8(2)7-16-6-4-5-15-10(9(3)11)12-13-14-15/h8-9H,4-7H2,1-3H3. The molecule has 92 valence electrons. The molecule has 0 saturated carbocycles. The maximum absolute atomic E-state index is 5.94. The Kier molecular flexibility index (Phi) is 5.69. The third-order valence-corrected chi connectivity index (χ3v) is 2.22. The summed E-state index contributed by atoms with van der Waals surface area (Å²) in [5, 5.41) is 11.2. The molecule has 0 bridgehead atoms. The second-order valence-corrected chi connectivity index (χ2v) is 4.85. The number of aryl methyl sites for hydroxylation is 1. The zero-order chi connectivity index (χ0) is 12.0. The van der Waals surface area contributed by atoms with Crippen molar-refractivity contribution >= 4 is 11.6 Å². The molecular formula is C10H19ClN4O. The molecule has 6 heteroatoms. The van der Waals surface area contributed by atoms with Crippen molar-refractivity contribution in [1.29, 1.82) is 0 Å². The van der Waals surface area contributed by atoms with Gasteiger partial charge in [-0.1, -0.05) is 13.8 Å². The van der Waals surface area contributed by atoms with Crippen molar-refractivity contribution in [3.63, 3.8) is 0 Å². The van der Waals surface area contributed by atoms with E-state index in [-0.39, 0.29) is 5.38 Å². The van der Waals surface area contributed by atoms with Crippen LogP contribution in [0.2, 0.25) is 0 Å². The number of halogens is 1. The second kappa shape index (κ2) is 6.81. The fraction of sp³-hybridized carbons (Fsp3) is 0.900. The van der Waals surface area contributed by atoms with E-state index in [0.29, 0.717) is 11.7 Å². The molecule has 1 aromatic rings. The first-order chi connectivity index (χ1) is 7.61. The van der Waals surface area contributed by atoms with Crippen molar-refractivity contribution in [1.82, 2.24) is 20.2 Å². The first-order valence-electron chi connectivity index (χ1n) is 5.59. The first-order valence-corrected chi connectivity index (χ1v) is 6.02. The fourth-order valence-corrected chi connectivity index (χ4v) is 1.45. The fourth-order valence-electron chi connectivity index (χ4n) is 1.29. The van der Waals surface area contributed by atoms with Crippen LogP contribution < -0.4 is 0 Å². The molecule has 0 N–H and O–H groups in total. The van der Waals surface area contributed by atoms with Crippen LogP contribution in [0.4, 0.5) is 0 Å². The minimum atomic E-state index is -0.161. The second-order valence-electron chi connectivity index (χ2n) is 4.20. The Morgan fingerprint density at radius 1 is 1.38 bits per heavy atom. The molecular weight excluding hydrogens is 228 g/mol. The van der Waals surface area contributed by atoms with Gasteiger partial charge in [0.2, 0.25) is 0 Å². The van der Waals surface area contributed by atoms with E-state index in [1.807, 2.05) is 6.92 Å². The van der Waals surface area contributed by atoms with E-state index < -0.39 is 0 Å². The monoisotopic (exact) mass is 246 g/mol. The highest BCUT2D eigenvalue weighted by atomic mass is 35.5. The molecule has 1 aromatic heterocycles. The number of hydrogen-bond acceptors (Lipinski definition) is 4. The van der Waals surface area contributed by atoms with Gasteiger partial charge in [-0.15, -0.1) is 16.7 Å². The smallest absolute Gasteiger partial charge is 0.168 e. The summed E-state index contributed by atoms with van der Waals surface area (Å²) in [5.41, 5.74) is 0. The average Bonchev–Trinajstić information content (AvgIpc) is 2.65. The third kappa shape index (κ3) is 4.45. The zero-order valence-corrected chi connectivity index (χ0v) is 10.8. The van der Waals surface area contributed by atoms with E-state index >= 15 is 0 Å². The highest BCUT2D eigenvalue weighted by Crippen LogP contribution is 2.15. The predicted molar refractivity (Wildman–Crippen MR) is 62.4 cm³/mol. The summed E-state index contributed by atoms with van der Waals surface area (Å²) < 4.78 is 7.21. The number of tetrazole rings is 1. The van der Waals surface area contributed by atoms with E-state index in [2.05, 4.69) is 29.4 Å². The number of rotatable bonds is 7. The Bertz CT molecular complexity index is 301. The van der Waals surface area contributed by atoms with Gasteiger partial charge in [-0.2, -0.15) is 0 Å². The first kappa shape index (κ1) is 13.4. The molecule has 0 aliphatic carbocycles. The number of nitrogens with zero attached hydrogens (tertiary/aromatic N) is 4. The van der Waals surface area contributed by atoms with E-state index in [0.717, 1.165) is 26.2 Å². The summed E-state index contributed by atoms with van der Waals surface area (Å²) in [4.78, 5) is 0. The van der Waals surface area contributed by atoms with Crippen LogP contribution in [-0.2, 0) is 11.3 Å². The van der Waals surface area contributed by atoms with Crippen molar-refractivity contribution in [2.24, 2.45) is 5.92 Å². The highest BCUT2D eigenvalue weighted by Gasteiger charge is 2.10. The van der Waals surface area contributed by atoms with Crippen LogP contribution in [0.15, 0.2) is 0 Å². The van der Waals surface area contributed by atoms with Crippen molar-refractivity contribution in [2.75, 3.05) is 13.2 Å². The molecule has 5 nitrogen and oxygen atoms in total. The van der Waals surface area contributed by atoms with Crippen LogP contribution >= 0.6 is 11.6 Å². The lowest BCUT2D eigenvalue weighted by Crippen LogP contribution is -2.10. The SMILES string of the molecule is CC(C)COCCCn1nnnc1C(C)Cl. The molecule has 1 heterocycles. The Morgan fingerprint density at radius 2 is 2.12 bits per heavy atom. The largest absolute Gasteiger partial charge is 0.381 e. The normalized spacial score (nSPS) is 13.3. The van der Waals surface area contributed by atoms with Gasteiger partial charge in [-0.25, -0.2) is 4.68 Å². The van der Waals surface area contributed by atoms with Gasteiger partial charge in [0.25, 0.3) is 0 Å². The molecule has 1 rings (SSSR count). The molecule has 0 amide bonds. The van der Waals surface area contributed by atoms with Crippen molar-refractivity contribution in [3.8, 4) is 0 Å². The molecule has 0 aliphatic rings. The van der Waals surface area contributed by atoms with Crippen molar-refractivity contribution < 1.29 is 4.74 Å². The molecule has 0 radical (unpaired) electrons. The molecule has 1 atom stereocenters. The summed E-state index contributed by atoms with van der Waals surface area (Å²) in [6, 6.07) is 0. The van der Waals surface area contributed by atoms with Crippen LogP contribution in [0.3, 0.4) is 0 Å². The van der Waals surface area contributed by atoms with Gasteiger partial charge in [0.1, 0.15) is 0 Å². The van der Waals surface area contributed by atoms with E-state index in [1.54, 1.807) is 4.68 Å². The van der Waals surface area contributed by atoms with Gasteiger partial charge in [0, 0.05) is 19.8 Å². The summed E-state index contributed by atoms with van der Waals surface area (Å²) >= 11 is 5.94. The van der Waals surface area contributed by atoms with Gasteiger partial charge >= 0.3 is 0 Å². The minimum Gasteiger partial charge on any atom is -0.381 e. The lowest BCUT2D eigenvalue weighted by molar-refractivity contribution is 0.104. The van der Waals surface area contributed by atoms with Crippen molar-refractivity contribution in [2.45, 2.75) is 39.1 Å². The topological polar surface area (TPSA) is 52.8 Å². The van der Waals surface area contributed by atoms with E-state index in [1.165, 1.54) is 0 Å². The van der Waals surface area contributed by atoms with Crippen LogP contribution in [0.5, 0.6) is 0 Å². The lowest BCUT2D eigenvalue weighted by Gasteiger charge is -2.08. The molecule has 0 spiro atoms. The molecule has 16 heavy (non-hydrogen) atoms. The lowest BCUT2D eigenvalue weighted by atomic mass is 10.2. The van der Waals surface area contributed by atoms with E-state index in [4.69, 9.17) is 16.3 Å². The molecule has 0 aliphatic heterocycles. The number of ether oxygens (including phenoxy) is 1. The zero-order valence-electron chi connectivity index (χ0n) is 10.1. The number of hydrogen-bond donors (Lipinski definition) is 0. The van der Waals surface area contributed by atoms with Crippen LogP contribution in [0.25, 0.3) is 0 Å². The number of alkyl halides is 1. The third-order valence-electron chi connectivity index (χ3n) is 2.03. The quantitative estimate of drug-likeness (QED) is 0.546. The Hall–Kier alpha value is -0.680. The van der Waals surface area contributed by atoms with Gasteiger partial charge in [0.05, 0.1) is 5.38 Å². The minimum absolute atomic E-state index is 0.161. The average molecular weight is 247 g/mol. The van der Waals surface area contributed by atoms with Gasteiger partial charge in [-0.3, -0.25) is 0 Å². The number of aromatic nitrogens is 4. The summed E-state index contributed by atoms with van der Waals surface area (Å²) in [7, 11) is 0. The molecule has 1 unspecified atom stereocenters. The van der Waals surface area contributed by atoms with Gasteiger partial charge < -0.3 is 4.74 Å². The maximum Gasteiger partial charge on any atom is 0.168 e. The van der Waals surface area contributed by atoms with Crippen molar-refractivity contribution in [3.05, 3.63) is 5.82 Å². The molecule has 0 aromatic carbocycles. The highest BCUT2D eigenvalue weighted by molar-refractivity contribution is 6.20. The van der Waals surface area contributed by atoms with E-state index in [9.17, 15) is 0 Å². The summed E-state index contributed by atoms with van der Waals surface area (Å²) in [6.07, 6.45) is 0.897. The van der Waals surface area contributed by atoms with Crippen LogP contribution in [0.1, 0.15) is 38.4 Å². The predicted octanol–water partition coefficient (Wildman–Crippen LogP) is 2.04. The maximum atomic E-state index is 5.94.